The van der Waals surface area contributed by atoms with Gasteiger partial charge >= 0.3 is 0 Å². The van der Waals surface area contributed by atoms with E-state index < -0.39 is 0 Å². The van der Waals surface area contributed by atoms with Crippen molar-refractivity contribution in [3.8, 4) is 23.0 Å². The van der Waals surface area contributed by atoms with Gasteiger partial charge < -0.3 is 24.3 Å². The van der Waals surface area contributed by atoms with Crippen molar-refractivity contribution in [3.63, 3.8) is 0 Å². The topological polar surface area (TPSA) is 49.0 Å². The molecule has 0 unspecified atom stereocenters. The zero-order valence-corrected chi connectivity index (χ0v) is 21.7. The molecule has 182 valence electrons. The van der Waals surface area contributed by atoms with E-state index in [-0.39, 0.29) is 6.61 Å². The highest BCUT2D eigenvalue weighted by Gasteiger charge is 2.14. The molecule has 0 radical (unpaired) electrons. The minimum absolute atomic E-state index is 0.249. The van der Waals surface area contributed by atoms with Gasteiger partial charge in [0.25, 0.3) is 0 Å². The highest BCUT2D eigenvalue weighted by molar-refractivity contribution is 6.35. The molecule has 0 bridgehead atoms. The van der Waals surface area contributed by atoms with Gasteiger partial charge in [0.2, 0.25) is 0 Å². The van der Waals surface area contributed by atoms with E-state index in [9.17, 15) is 0 Å². The lowest BCUT2D eigenvalue weighted by Gasteiger charge is -2.16. The standard InChI is InChI=1S/C26H28Cl3NO4/c1-4-33-25-13-18(15-30-10-9-17-5-8-23(31-2)24(12-17)32-3)11-22(29)26(25)34-16-19-6-7-20(27)14-21(19)28/h5-8,11-14,30H,4,9-10,15-16H2,1-3H3. The van der Waals surface area contributed by atoms with Crippen LogP contribution in [0.4, 0.5) is 0 Å². The van der Waals surface area contributed by atoms with Crippen molar-refractivity contribution in [2.75, 3.05) is 27.4 Å². The predicted molar refractivity (Wildman–Crippen MR) is 138 cm³/mol. The largest absolute Gasteiger partial charge is 0.493 e. The SMILES string of the molecule is CCOc1cc(CNCCc2ccc(OC)c(OC)c2)cc(Cl)c1OCc1ccc(Cl)cc1Cl. The van der Waals surface area contributed by atoms with Crippen LogP contribution in [0.2, 0.25) is 15.1 Å². The first-order chi connectivity index (χ1) is 16.4. The van der Waals surface area contributed by atoms with Crippen LogP contribution in [0, 0.1) is 0 Å². The fourth-order valence-electron chi connectivity index (χ4n) is 3.42. The van der Waals surface area contributed by atoms with E-state index in [0.717, 1.165) is 41.2 Å². The van der Waals surface area contributed by atoms with Crippen molar-refractivity contribution < 1.29 is 18.9 Å². The molecule has 5 nitrogen and oxygen atoms in total. The Hall–Kier alpha value is -2.31. The Kier molecular flexibility index (Phi) is 10.0. The maximum atomic E-state index is 6.56. The number of methoxy groups -OCH3 is 2. The maximum absolute atomic E-state index is 6.56. The summed E-state index contributed by atoms with van der Waals surface area (Å²) in [6, 6.07) is 15.0. The van der Waals surface area contributed by atoms with Gasteiger partial charge in [-0.15, -0.1) is 0 Å². The number of hydrogen-bond donors (Lipinski definition) is 1. The summed E-state index contributed by atoms with van der Waals surface area (Å²) in [7, 11) is 3.26. The molecule has 3 aromatic carbocycles. The van der Waals surface area contributed by atoms with Gasteiger partial charge in [-0.05, 0) is 67.4 Å². The van der Waals surface area contributed by atoms with Crippen LogP contribution in [0.25, 0.3) is 0 Å². The quantitative estimate of drug-likeness (QED) is 0.259. The normalized spacial score (nSPS) is 10.8. The Labute approximate surface area is 215 Å². The molecule has 0 saturated heterocycles. The van der Waals surface area contributed by atoms with Gasteiger partial charge in [0.15, 0.2) is 23.0 Å². The zero-order valence-electron chi connectivity index (χ0n) is 19.4. The van der Waals surface area contributed by atoms with E-state index in [0.29, 0.717) is 39.7 Å². The highest BCUT2D eigenvalue weighted by Crippen LogP contribution is 2.38. The third kappa shape index (κ3) is 7.09. The fraction of sp³-hybridized carbons (Fsp3) is 0.308. The molecule has 0 spiro atoms. The van der Waals surface area contributed by atoms with Crippen LogP contribution in [0.1, 0.15) is 23.6 Å². The third-order valence-corrected chi connectivity index (χ3v) is 5.99. The number of nitrogens with one attached hydrogen (secondary N) is 1. The molecule has 3 rings (SSSR count). The molecule has 0 fully saturated rings. The van der Waals surface area contributed by atoms with Gasteiger partial charge in [-0.2, -0.15) is 0 Å². The lowest BCUT2D eigenvalue weighted by molar-refractivity contribution is 0.269. The summed E-state index contributed by atoms with van der Waals surface area (Å²) >= 11 is 18.8. The van der Waals surface area contributed by atoms with Crippen molar-refractivity contribution in [1.82, 2.24) is 5.32 Å². The van der Waals surface area contributed by atoms with Crippen LogP contribution in [0.15, 0.2) is 48.5 Å². The summed E-state index contributed by atoms with van der Waals surface area (Å²) in [5.74, 6) is 2.53. The van der Waals surface area contributed by atoms with E-state index in [2.05, 4.69) is 5.32 Å². The van der Waals surface area contributed by atoms with Gasteiger partial charge in [0.1, 0.15) is 6.61 Å². The van der Waals surface area contributed by atoms with E-state index in [1.807, 2.05) is 43.3 Å². The molecule has 3 aromatic rings. The van der Waals surface area contributed by atoms with Gasteiger partial charge in [-0.3, -0.25) is 0 Å². The summed E-state index contributed by atoms with van der Waals surface area (Å²) in [6.07, 6.45) is 0.843. The molecular formula is C26H28Cl3NO4. The average molecular weight is 525 g/mol. The molecule has 0 atom stereocenters. The van der Waals surface area contributed by atoms with E-state index in [1.54, 1.807) is 26.4 Å². The first-order valence-corrected chi connectivity index (χ1v) is 12.0. The van der Waals surface area contributed by atoms with E-state index >= 15 is 0 Å². The summed E-state index contributed by atoms with van der Waals surface area (Å²) in [5, 5.41) is 5.04. The summed E-state index contributed by atoms with van der Waals surface area (Å²) in [4.78, 5) is 0. The molecule has 8 heteroatoms. The van der Waals surface area contributed by atoms with Crippen molar-refractivity contribution in [3.05, 3.63) is 80.3 Å². The first kappa shape index (κ1) is 26.3. The van der Waals surface area contributed by atoms with Crippen LogP contribution in [-0.4, -0.2) is 27.4 Å². The Morgan fingerprint density at radius 2 is 1.53 bits per heavy atom. The molecule has 0 heterocycles. The third-order valence-electron chi connectivity index (χ3n) is 5.12. The lowest BCUT2D eigenvalue weighted by Crippen LogP contribution is -2.17. The maximum Gasteiger partial charge on any atom is 0.180 e. The number of rotatable bonds is 12. The average Bonchev–Trinajstić information content (AvgIpc) is 2.82. The second-order valence-corrected chi connectivity index (χ2v) is 8.73. The minimum Gasteiger partial charge on any atom is -0.493 e. The zero-order chi connectivity index (χ0) is 24.5. The van der Waals surface area contributed by atoms with Crippen molar-refractivity contribution in [2.24, 2.45) is 0 Å². The molecule has 1 N–H and O–H groups in total. The second-order valence-electron chi connectivity index (χ2n) is 7.48. The summed E-state index contributed by atoms with van der Waals surface area (Å²) < 4.78 is 22.4. The molecule has 0 amide bonds. The predicted octanol–water partition coefficient (Wildman–Crippen LogP) is 6.97. The fourth-order valence-corrected chi connectivity index (χ4v) is 4.17. The van der Waals surface area contributed by atoms with Crippen molar-refractivity contribution in [1.29, 1.82) is 0 Å². The number of benzene rings is 3. The Balaban J connectivity index is 1.62. The van der Waals surface area contributed by atoms with E-state index in [4.69, 9.17) is 53.8 Å². The molecule has 0 saturated carbocycles. The van der Waals surface area contributed by atoms with Crippen LogP contribution in [-0.2, 0) is 19.6 Å². The number of ether oxygens (including phenoxy) is 4. The summed E-state index contributed by atoms with van der Waals surface area (Å²) in [6.45, 7) is 4.08. The Morgan fingerprint density at radius 3 is 2.24 bits per heavy atom. The molecule has 34 heavy (non-hydrogen) atoms. The number of hydrogen-bond acceptors (Lipinski definition) is 5. The second kappa shape index (κ2) is 13.0. The molecule has 0 aliphatic rings. The van der Waals surface area contributed by atoms with E-state index in [1.165, 1.54) is 0 Å². The van der Waals surface area contributed by atoms with Crippen LogP contribution in [0.5, 0.6) is 23.0 Å². The van der Waals surface area contributed by atoms with Gasteiger partial charge in [-0.1, -0.05) is 46.9 Å². The molecule has 0 aromatic heterocycles. The van der Waals surface area contributed by atoms with Gasteiger partial charge in [0, 0.05) is 22.2 Å². The van der Waals surface area contributed by atoms with Crippen molar-refractivity contribution >= 4 is 34.8 Å². The van der Waals surface area contributed by atoms with Crippen LogP contribution in [0.3, 0.4) is 0 Å². The highest BCUT2D eigenvalue weighted by atomic mass is 35.5. The summed E-state index contributed by atoms with van der Waals surface area (Å²) in [5.41, 5.74) is 2.96. The monoisotopic (exact) mass is 523 g/mol. The first-order valence-electron chi connectivity index (χ1n) is 10.9. The lowest BCUT2D eigenvalue weighted by atomic mass is 10.1. The van der Waals surface area contributed by atoms with Gasteiger partial charge in [-0.25, -0.2) is 0 Å². The molecule has 0 aliphatic heterocycles. The number of halogens is 3. The smallest absolute Gasteiger partial charge is 0.180 e. The minimum atomic E-state index is 0.249. The Morgan fingerprint density at radius 1 is 0.765 bits per heavy atom. The molecule has 0 aliphatic carbocycles. The molecular weight excluding hydrogens is 497 g/mol. The van der Waals surface area contributed by atoms with Crippen molar-refractivity contribution in [2.45, 2.75) is 26.5 Å². The van der Waals surface area contributed by atoms with Crippen LogP contribution >= 0.6 is 34.8 Å². The van der Waals surface area contributed by atoms with Gasteiger partial charge in [0.05, 0.1) is 25.8 Å². The van der Waals surface area contributed by atoms with Crippen LogP contribution < -0.4 is 24.3 Å². The Bertz CT molecular complexity index is 1110.